The van der Waals surface area contributed by atoms with Gasteiger partial charge in [0.2, 0.25) is 0 Å². The molecule has 0 aliphatic carbocycles. The first-order chi connectivity index (χ1) is 6.02. The second-order valence-corrected chi connectivity index (χ2v) is 3.56. The fraction of sp³-hybridized carbons (Fsp3) is 0.500. The van der Waals surface area contributed by atoms with Gasteiger partial charge in [-0.25, -0.2) is 0 Å². The number of carbonyl (C=O) groups excluding carboxylic acids is 1. The normalized spacial score (nSPS) is 10.8. The van der Waals surface area contributed by atoms with Crippen molar-refractivity contribution in [3.8, 4) is 0 Å². The molecule has 0 bridgehead atoms. The van der Waals surface area contributed by atoms with Gasteiger partial charge in [-0.1, -0.05) is 0 Å². The second kappa shape index (κ2) is 3.75. The quantitative estimate of drug-likeness (QED) is 0.655. The van der Waals surface area contributed by atoms with E-state index in [-0.39, 0.29) is 5.78 Å². The van der Waals surface area contributed by atoms with Gasteiger partial charge in [0.1, 0.15) is 0 Å². The van der Waals surface area contributed by atoms with Crippen LogP contribution in [0.3, 0.4) is 0 Å². The van der Waals surface area contributed by atoms with E-state index in [2.05, 4.69) is 4.90 Å². The van der Waals surface area contributed by atoms with Crippen LogP contribution in [-0.4, -0.2) is 29.3 Å². The molecule has 1 aromatic rings. The average Bonchev–Trinajstić information content (AvgIpc) is 2.32. The smallest absolute Gasteiger partial charge is 0.176 e. The van der Waals surface area contributed by atoms with Gasteiger partial charge in [-0.05, 0) is 26.2 Å². The fourth-order valence-corrected chi connectivity index (χ4v) is 1.39. The Labute approximate surface area is 79.0 Å². The number of aromatic nitrogens is 1. The van der Waals surface area contributed by atoms with Crippen molar-refractivity contribution in [2.45, 2.75) is 13.5 Å². The van der Waals surface area contributed by atoms with E-state index in [0.29, 0.717) is 0 Å². The van der Waals surface area contributed by atoms with Crippen molar-refractivity contribution in [2.24, 2.45) is 7.05 Å². The average molecular weight is 180 g/mol. The summed E-state index contributed by atoms with van der Waals surface area (Å²) in [5.41, 5.74) is 1.94. The molecule has 0 fully saturated rings. The van der Waals surface area contributed by atoms with E-state index in [1.54, 1.807) is 6.92 Å². The van der Waals surface area contributed by atoms with Gasteiger partial charge in [0.15, 0.2) is 5.78 Å². The highest BCUT2D eigenvalue weighted by atomic mass is 16.1. The monoisotopic (exact) mass is 180 g/mol. The molecule has 13 heavy (non-hydrogen) atoms. The lowest BCUT2D eigenvalue weighted by Gasteiger charge is -2.11. The summed E-state index contributed by atoms with van der Waals surface area (Å²) >= 11 is 0. The summed E-state index contributed by atoms with van der Waals surface area (Å²) in [5, 5.41) is 0. The SMILES string of the molecule is CC(=O)c1ccc(CN(C)C)n1C. The van der Waals surface area contributed by atoms with Crippen molar-refractivity contribution >= 4 is 5.78 Å². The zero-order chi connectivity index (χ0) is 10.0. The number of hydrogen-bond acceptors (Lipinski definition) is 2. The number of carbonyl (C=O) groups is 1. The third-order valence-electron chi connectivity index (χ3n) is 2.06. The summed E-state index contributed by atoms with van der Waals surface area (Å²) in [7, 11) is 5.95. The molecule has 0 aliphatic rings. The van der Waals surface area contributed by atoms with E-state index in [9.17, 15) is 4.79 Å². The highest BCUT2D eigenvalue weighted by Gasteiger charge is 2.08. The van der Waals surface area contributed by atoms with E-state index < -0.39 is 0 Å². The van der Waals surface area contributed by atoms with E-state index in [0.717, 1.165) is 17.9 Å². The number of Topliss-reactive ketones (excluding diaryl/α,β-unsaturated/α-hetero) is 1. The first kappa shape index (κ1) is 9.99. The highest BCUT2D eigenvalue weighted by Crippen LogP contribution is 2.09. The molecule has 0 saturated carbocycles. The van der Waals surface area contributed by atoms with Gasteiger partial charge in [0.05, 0.1) is 5.69 Å². The Hall–Kier alpha value is -1.09. The van der Waals surface area contributed by atoms with Crippen LogP contribution in [0.5, 0.6) is 0 Å². The van der Waals surface area contributed by atoms with Crippen LogP contribution < -0.4 is 0 Å². The van der Waals surface area contributed by atoms with Crippen molar-refractivity contribution in [1.29, 1.82) is 0 Å². The molecule has 0 radical (unpaired) electrons. The molecule has 0 N–H and O–H groups in total. The lowest BCUT2D eigenvalue weighted by Crippen LogP contribution is -2.14. The molecule has 3 nitrogen and oxygen atoms in total. The third kappa shape index (κ3) is 2.18. The topological polar surface area (TPSA) is 25.2 Å². The molecule has 0 aliphatic heterocycles. The number of nitrogens with zero attached hydrogens (tertiary/aromatic N) is 2. The van der Waals surface area contributed by atoms with Gasteiger partial charge in [-0.3, -0.25) is 4.79 Å². The Morgan fingerprint density at radius 1 is 1.46 bits per heavy atom. The number of hydrogen-bond donors (Lipinski definition) is 0. The molecule has 72 valence electrons. The molecule has 0 aromatic carbocycles. The minimum atomic E-state index is 0.118. The van der Waals surface area contributed by atoms with Crippen LogP contribution in [0.2, 0.25) is 0 Å². The Bertz CT molecular complexity index is 313. The first-order valence-corrected chi connectivity index (χ1v) is 4.32. The summed E-state index contributed by atoms with van der Waals surface area (Å²) in [6.45, 7) is 2.46. The summed E-state index contributed by atoms with van der Waals surface area (Å²) in [5.74, 6) is 0.118. The van der Waals surface area contributed by atoms with Gasteiger partial charge >= 0.3 is 0 Å². The Morgan fingerprint density at radius 2 is 2.08 bits per heavy atom. The molecule has 1 rings (SSSR count). The third-order valence-corrected chi connectivity index (χ3v) is 2.06. The van der Waals surface area contributed by atoms with Gasteiger partial charge < -0.3 is 9.47 Å². The number of rotatable bonds is 3. The Kier molecular flexibility index (Phi) is 2.88. The zero-order valence-electron chi connectivity index (χ0n) is 8.66. The standard InChI is InChI=1S/C10H16N2O/c1-8(13)10-6-5-9(12(10)4)7-11(2)3/h5-6H,7H2,1-4H3. The van der Waals surface area contributed by atoms with E-state index in [1.807, 2.05) is 37.8 Å². The van der Waals surface area contributed by atoms with E-state index in [1.165, 1.54) is 0 Å². The van der Waals surface area contributed by atoms with Gasteiger partial charge in [-0.2, -0.15) is 0 Å². The van der Waals surface area contributed by atoms with Crippen LogP contribution in [0.15, 0.2) is 12.1 Å². The van der Waals surface area contributed by atoms with Crippen LogP contribution in [0, 0.1) is 0 Å². The lowest BCUT2D eigenvalue weighted by atomic mass is 10.3. The minimum Gasteiger partial charge on any atom is -0.344 e. The molecular formula is C10H16N2O. The minimum absolute atomic E-state index is 0.118. The predicted molar refractivity (Wildman–Crippen MR) is 52.8 cm³/mol. The van der Waals surface area contributed by atoms with Crippen molar-refractivity contribution < 1.29 is 4.79 Å². The highest BCUT2D eigenvalue weighted by molar-refractivity contribution is 5.92. The van der Waals surface area contributed by atoms with Crippen LogP contribution in [0.25, 0.3) is 0 Å². The van der Waals surface area contributed by atoms with E-state index >= 15 is 0 Å². The molecule has 3 heteroatoms. The molecule has 0 atom stereocenters. The van der Waals surface area contributed by atoms with Crippen LogP contribution >= 0.6 is 0 Å². The zero-order valence-corrected chi connectivity index (χ0v) is 8.66. The van der Waals surface area contributed by atoms with Crippen LogP contribution in [0.1, 0.15) is 23.1 Å². The molecule has 0 saturated heterocycles. The van der Waals surface area contributed by atoms with Crippen molar-refractivity contribution in [1.82, 2.24) is 9.47 Å². The second-order valence-electron chi connectivity index (χ2n) is 3.56. The molecule has 1 aromatic heterocycles. The fourth-order valence-electron chi connectivity index (χ4n) is 1.39. The summed E-state index contributed by atoms with van der Waals surface area (Å²) < 4.78 is 1.95. The predicted octanol–water partition coefficient (Wildman–Crippen LogP) is 1.29. The lowest BCUT2D eigenvalue weighted by molar-refractivity contribution is 0.100. The van der Waals surface area contributed by atoms with Crippen molar-refractivity contribution in [3.63, 3.8) is 0 Å². The van der Waals surface area contributed by atoms with Gasteiger partial charge in [0, 0.05) is 26.2 Å². The molecule has 0 spiro atoms. The summed E-state index contributed by atoms with van der Waals surface area (Å²) in [4.78, 5) is 13.2. The van der Waals surface area contributed by atoms with Crippen LogP contribution in [-0.2, 0) is 13.6 Å². The molecular weight excluding hydrogens is 164 g/mol. The maximum atomic E-state index is 11.1. The van der Waals surface area contributed by atoms with Crippen LogP contribution in [0.4, 0.5) is 0 Å². The molecule has 0 unspecified atom stereocenters. The number of ketones is 1. The molecule has 1 heterocycles. The Morgan fingerprint density at radius 3 is 2.46 bits per heavy atom. The largest absolute Gasteiger partial charge is 0.344 e. The van der Waals surface area contributed by atoms with Gasteiger partial charge in [-0.15, -0.1) is 0 Å². The van der Waals surface area contributed by atoms with Gasteiger partial charge in [0.25, 0.3) is 0 Å². The maximum Gasteiger partial charge on any atom is 0.176 e. The summed E-state index contributed by atoms with van der Waals surface area (Å²) in [6, 6.07) is 3.87. The Balaban J connectivity index is 2.93. The van der Waals surface area contributed by atoms with E-state index in [4.69, 9.17) is 0 Å². The first-order valence-electron chi connectivity index (χ1n) is 4.32. The van der Waals surface area contributed by atoms with Crippen molar-refractivity contribution in [2.75, 3.05) is 14.1 Å². The molecule has 0 amide bonds. The van der Waals surface area contributed by atoms with Crippen molar-refractivity contribution in [3.05, 3.63) is 23.5 Å². The summed E-state index contributed by atoms with van der Waals surface area (Å²) in [6.07, 6.45) is 0. The maximum absolute atomic E-state index is 11.1.